The molecular formula is C29H24N6O4. The second-order valence-corrected chi connectivity index (χ2v) is 8.69. The van der Waals surface area contributed by atoms with E-state index < -0.39 is 0 Å². The molecular weight excluding hydrogens is 496 g/mol. The third kappa shape index (κ3) is 4.27. The van der Waals surface area contributed by atoms with Gasteiger partial charge in [-0.3, -0.25) is 14.5 Å². The van der Waals surface area contributed by atoms with E-state index in [0.29, 0.717) is 45.1 Å². The lowest BCUT2D eigenvalue weighted by Gasteiger charge is -2.14. The van der Waals surface area contributed by atoms with Crippen molar-refractivity contribution in [3.05, 3.63) is 89.5 Å². The molecule has 0 spiro atoms. The van der Waals surface area contributed by atoms with Crippen molar-refractivity contribution < 1.29 is 14.2 Å². The van der Waals surface area contributed by atoms with Gasteiger partial charge in [0.2, 0.25) is 5.95 Å². The molecule has 10 heteroatoms. The molecule has 2 N–H and O–H groups in total. The number of benzene rings is 3. The highest BCUT2D eigenvalue weighted by atomic mass is 16.5. The van der Waals surface area contributed by atoms with Crippen LogP contribution in [0.4, 0.5) is 11.6 Å². The van der Waals surface area contributed by atoms with Crippen LogP contribution in [-0.4, -0.2) is 46.1 Å². The Bertz CT molecular complexity index is 1880. The van der Waals surface area contributed by atoms with Crippen LogP contribution in [0.1, 0.15) is 0 Å². The summed E-state index contributed by atoms with van der Waals surface area (Å²) in [4.78, 5) is 23.0. The van der Waals surface area contributed by atoms with Crippen molar-refractivity contribution in [1.82, 2.24) is 24.7 Å². The fourth-order valence-corrected chi connectivity index (χ4v) is 4.54. The third-order valence-corrected chi connectivity index (χ3v) is 6.48. The molecule has 0 amide bonds. The molecule has 0 unspecified atom stereocenters. The van der Waals surface area contributed by atoms with Gasteiger partial charge >= 0.3 is 0 Å². The summed E-state index contributed by atoms with van der Waals surface area (Å²) in [6.45, 7) is 0. The van der Waals surface area contributed by atoms with E-state index in [9.17, 15) is 4.79 Å². The molecule has 0 saturated carbocycles. The van der Waals surface area contributed by atoms with Gasteiger partial charge in [-0.25, -0.2) is 4.98 Å². The molecule has 3 aromatic heterocycles. The van der Waals surface area contributed by atoms with E-state index >= 15 is 0 Å². The molecule has 0 atom stereocenters. The predicted octanol–water partition coefficient (Wildman–Crippen LogP) is 5.09. The zero-order valence-electron chi connectivity index (χ0n) is 21.4. The summed E-state index contributed by atoms with van der Waals surface area (Å²) in [6.07, 6.45) is 3.26. The first-order chi connectivity index (χ1) is 19.1. The lowest BCUT2D eigenvalue weighted by Crippen LogP contribution is -2.20. The summed E-state index contributed by atoms with van der Waals surface area (Å²) in [5, 5.41) is 11.4. The predicted molar refractivity (Wildman–Crippen MR) is 150 cm³/mol. The summed E-state index contributed by atoms with van der Waals surface area (Å²) in [5.41, 5.74) is 3.75. The highest BCUT2D eigenvalue weighted by molar-refractivity contribution is 6.02. The average Bonchev–Trinajstić information content (AvgIpc) is 3.48. The van der Waals surface area contributed by atoms with Gasteiger partial charge in [0, 0.05) is 23.6 Å². The zero-order valence-corrected chi connectivity index (χ0v) is 21.4. The van der Waals surface area contributed by atoms with Gasteiger partial charge in [-0.05, 0) is 60.2 Å². The average molecular weight is 521 g/mol. The van der Waals surface area contributed by atoms with Gasteiger partial charge in [0.1, 0.15) is 22.8 Å². The molecule has 6 rings (SSSR count). The second kappa shape index (κ2) is 9.82. The maximum absolute atomic E-state index is 13.8. The van der Waals surface area contributed by atoms with Crippen molar-refractivity contribution >= 4 is 33.6 Å². The van der Waals surface area contributed by atoms with E-state index in [1.165, 1.54) is 0 Å². The number of hydrogen-bond acceptors (Lipinski definition) is 8. The van der Waals surface area contributed by atoms with Crippen LogP contribution in [0.25, 0.3) is 38.8 Å². The fourth-order valence-electron chi connectivity index (χ4n) is 4.54. The topological polar surface area (TPSA) is 116 Å². The molecule has 0 bridgehead atoms. The molecule has 0 fully saturated rings. The normalized spacial score (nSPS) is 11.1. The molecule has 6 aromatic rings. The SMILES string of the molecule is COc1ccc(Nc2ncc3c4n[nH]cc4c(=O)n(-c4cccc(-c5cc(OC)ccc5OC)c4)c3n2)cc1. The van der Waals surface area contributed by atoms with Crippen LogP contribution in [0.15, 0.2) is 83.9 Å². The number of nitrogens with one attached hydrogen (secondary N) is 2. The summed E-state index contributed by atoms with van der Waals surface area (Å²) in [7, 11) is 4.85. The molecule has 10 nitrogen and oxygen atoms in total. The number of rotatable bonds is 7. The van der Waals surface area contributed by atoms with Crippen LogP contribution in [-0.2, 0) is 0 Å². The summed E-state index contributed by atoms with van der Waals surface area (Å²) in [5.74, 6) is 2.45. The van der Waals surface area contributed by atoms with Gasteiger partial charge in [-0.1, -0.05) is 12.1 Å². The quantitative estimate of drug-likeness (QED) is 0.299. The number of fused-ring (bicyclic) bond motifs is 3. The maximum atomic E-state index is 13.8. The Labute approximate surface area is 222 Å². The number of H-pyrrole nitrogens is 1. The van der Waals surface area contributed by atoms with Gasteiger partial charge in [0.05, 0.1) is 37.8 Å². The van der Waals surface area contributed by atoms with E-state index in [2.05, 4.69) is 20.5 Å². The van der Waals surface area contributed by atoms with Gasteiger partial charge < -0.3 is 19.5 Å². The van der Waals surface area contributed by atoms with E-state index in [0.717, 1.165) is 22.6 Å². The Morgan fingerprint density at radius 1 is 0.872 bits per heavy atom. The van der Waals surface area contributed by atoms with Crippen molar-refractivity contribution in [2.75, 3.05) is 26.6 Å². The van der Waals surface area contributed by atoms with E-state index in [1.54, 1.807) is 38.3 Å². The maximum Gasteiger partial charge on any atom is 0.267 e. The Morgan fingerprint density at radius 2 is 1.67 bits per heavy atom. The smallest absolute Gasteiger partial charge is 0.267 e. The largest absolute Gasteiger partial charge is 0.497 e. The number of ether oxygens (including phenoxy) is 3. The van der Waals surface area contributed by atoms with Gasteiger partial charge in [0.15, 0.2) is 5.65 Å². The van der Waals surface area contributed by atoms with Crippen LogP contribution < -0.4 is 25.1 Å². The molecule has 0 aliphatic carbocycles. The molecule has 39 heavy (non-hydrogen) atoms. The van der Waals surface area contributed by atoms with Crippen molar-refractivity contribution in [3.63, 3.8) is 0 Å². The zero-order chi connectivity index (χ0) is 26.9. The van der Waals surface area contributed by atoms with E-state index in [-0.39, 0.29) is 5.56 Å². The first-order valence-corrected chi connectivity index (χ1v) is 12.1. The van der Waals surface area contributed by atoms with Crippen LogP contribution in [0.2, 0.25) is 0 Å². The summed E-state index contributed by atoms with van der Waals surface area (Å²) < 4.78 is 17.8. The van der Waals surface area contributed by atoms with Crippen LogP contribution in [0.3, 0.4) is 0 Å². The first-order valence-electron chi connectivity index (χ1n) is 12.1. The number of pyridine rings is 1. The number of aromatic nitrogens is 5. The molecule has 0 saturated heterocycles. The molecule has 3 aromatic carbocycles. The Balaban J connectivity index is 1.53. The van der Waals surface area contributed by atoms with Crippen molar-refractivity contribution in [2.24, 2.45) is 0 Å². The number of hydrogen-bond donors (Lipinski definition) is 2. The fraction of sp³-hybridized carbons (Fsp3) is 0.103. The standard InChI is InChI=1S/C29H24N6O4/c1-37-20-9-7-18(8-10-20)32-29-30-15-23-26-24(16-31-34-26)28(36)35(27(23)33-29)19-6-4-5-17(13-19)22-14-21(38-2)11-12-25(22)39-3/h4-16H,1-3H3,(H,31,34)(H,30,32,33). The number of nitrogens with zero attached hydrogens (tertiary/aromatic N) is 4. The third-order valence-electron chi connectivity index (χ3n) is 6.48. The van der Waals surface area contributed by atoms with Crippen LogP contribution in [0.5, 0.6) is 17.2 Å². The minimum atomic E-state index is -0.255. The number of anilines is 2. The first kappa shape index (κ1) is 24.0. The molecule has 0 aliphatic heterocycles. The van der Waals surface area contributed by atoms with Crippen molar-refractivity contribution in [3.8, 4) is 34.1 Å². The summed E-state index contributed by atoms with van der Waals surface area (Å²) in [6, 6.07) is 20.6. The Kier molecular flexibility index (Phi) is 6.04. The minimum Gasteiger partial charge on any atom is -0.497 e. The highest BCUT2D eigenvalue weighted by Crippen LogP contribution is 2.34. The minimum absolute atomic E-state index is 0.255. The van der Waals surface area contributed by atoms with E-state index in [4.69, 9.17) is 19.2 Å². The van der Waals surface area contributed by atoms with Gasteiger partial charge in [-0.2, -0.15) is 10.1 Å². The second-order valence-electron chi connectivity index (χ2n) is 8.69. The van der Waals surface area contributed by atoms with Crippen molar-refractivity contribution in [1.29, 1.82) is 0 Å². The molecule has 194 valence electrons. The molecule has 0 aliphatic rings. The van der Waals surface area contributed by atoms with Crippen LogP contribution in [0, 0.1) is 0 Å². The van der Waals surface area contributed by atoms with E-state index in [1.807, 2.05) is 66.7 Å². The van der Waals surface area contributed by atoms with Gasteiger partial charge in [-0.15, -0.1) is 0 Å². The lowest BCUT2D eigenvalue weighted by atomic mass is 10.0. The Hall–Kier alpha value is -5.38. The van der Waals surface area contributed by atoms with Crippen LogP contribution >= 0.6 is 0 Å². The highest BCUT2D eigenvalue weighted by Gasteiger charge is 2.18. The lowest BCUT2D eigenvalue weighted by molar-refractivity contribution is 0.404. The number of aromatic amines is 1. The molecule has 0 radical (unpaired) electrons. The number of methoxy groups -OCH3 is 3. The monoisotopic (exact) mass is 520 g/mol. The van der Waals surface area contributed by atoms with Gasteiger partial charge in [0.25, 0.3) is 5.56 Å². The Morgan fingerprint density at radius 3 is 2.44 bits per heavy atom. The summed E-state index contributed by atoms with van der Waals surface area (Å²) >= 11 is 0. The van der Waals surface area contributed by atoms with Crippen molar-refractivity contribution in [2.45, 2.75) is 0 Å². The molecule has 3 heterocycles.